The number of hydrogen-bond acceptors (Lipinski definition) is 5. The molecular formula is C14H20FN5O. The van der Waals surface area contributed by atoms with Gasteiger partial charge in [-0.3, -0.25) is 10.2 Å². The van der Waals surface area contributed by atoms with E-state index in [1.54, 1.807) is 12.1 Å². The fraction of sp³-hybridized carbons (Fsp3) is 0.571. The second-order valence-corrected chi connectivity index (χ2v) is 5.58. The Morgan fingerprint density at radius 1 is 1.38 bits per heavy atom. The SMILES string of the molecule is O=C(NN1CCCC1)c1ccc(NCC2CNC2)c(F)n1. The van der Waals surface area contributed by atoms with Crippen molar-refractivity contribution in [2.75, 3.05) is 38.0 Å². The highest BCUT2D eigenvalue weighted by molar-refractivity contribution is 5.92. The number of aromatic nitrogens is 1. The van der Waals surface area contributed by atoms with E-state index >= 15 is 0 Å². The van der Waals surface area contributed by atoms with Gasteiger partial charge in [0.1, 0.15) is 5.69 Å². The van der Waals surface area contributed by atoms with Gasteiger partial charge in [-0.2, -0.15) is 4.39 Å². The van der Waals surface area contributed by atoms with E-state index in [1.807, 2.05) is 5.01 Å². The Bertz CT molecular complexity index is 514. The smallest absolute Gasteiger partial charge is 0.284 e. The summed E-state index contributed by atoms with van der Waals surface area (Å²) in [6, 6.07) is 3.13. The van der Waals surface area contributed by atoms with Crippen molar-refractivity contribution < 1.29 is 9.18 Å². The van der Waals surface area contributed by atoms with Crippen LogP contribution in [-0.2, 0) is 0 Å². The number of hydrogen-bond donors (Lipinski definition) is 3. The number of nitrogens with zero attached hydrogens (tertiary/aromatic N) is 2. The topological polar surface area (TPSA) is 69.3 Å². The summed E-state index contributed by atoms with van der Waals surface area (Å²) in [5.41, 5.74) is 3.20. The van der Waals surface area contributed by atoms with Crippen molar-refractivity contribution in [3.8, 4) is 0 Å². The fourth-order valence-corrected chi connectivity index (χ4v) is 2.47. The molecule has 0 aliphatic carbocycles. The molecule has 0 spiro atoms. The molecule has 114 valence electrons. The van der Waals surface area contributed by atoms with E-state index in [0.29, 0.717) is 18.2 Å². The van der Waals surface area contributed by atoms with Crippen LogP contribution in [-0.4, -0.2) is 48.6 Å². The van der Waals surface area contributed by atoms with Gasteiger partial charge in [0.15, 0.2) is 0 Å². The third-order valence-corrected chi connectivity index (χ3v) is 3.89. The molecule has 0 atom stereocenters. The second-order valence-electron chi connectivity index (χ2n) is 5.58. The molecule has 1 amide bonds. The number of halogens is 1. The molecule has 3 heterocycles. The Balaban J connectivity index is 1.58. The third kappa shape index (κ3) is 3.48. The largest absolute Gasteiger partial charge is 0.381 e. The van der Waals surface area contributed by atoms with Crippen molar-refractivity contribution in [1.82, 2.24) is 20.7 Å². The number of pyridine rings is 1. The summed E-state index contributed by atoms with van der Waals surface area (Å²) < 4.78 is 13.9. The first-order valence-corrected chi connectivity index (χ1v) is 7.39. The summed E-state index contributed by atoms with van der Waals surface area (Å²) in [5, 5.41) is 8.04. The summed E-state index contributed by atoms with van der Waals surface area (Å²) in [7, 11) is 0. The molecule has 0 bridgehead atoms. The minimum Gasteiger partial charge on any atom is -0.381 e. The number of rotatable bonds is 5. The van der Waals surface area contributed by atoms with Gasteiger partial charge in [0.05, 0.1) is 5.69 Å². The van der Waals surface area contributed by atoms with Gasteiger partial charge in [-0.05, 0) is 25.0 Å². The lowest BCUT2D eigenvalue weighted by atomic mass is 10.0. The van der Waals surface area contributed by atoms with Crippen LogP contribution in [0.3, 0.4) is 0 Å². The second kappa shape index (κ2) is 6.36. The lowest BCUT2D eigenvalue weighted by Gasteiger charge is -2.27. The zero-order valence-electron chi connectivity index (χ0n) is 11.9. The van der Waals surface area contributed by atoms with Gasteiger partial charge in [0.25, 0.3) is 5.91 Å². The molecule has 2 aliphatic rings. The molecule has 21 heavy (non-hydrogen) atoms. The first-order valence-electron chi connectivity index (χ1n) is 7.39. The molecule has 0 radical (unpaired) electrons. The molecule has 7 heteroatoms. The van der Waals surface area contributed by atoms with Gasteiger partial charge >= 0.3 is 0 Å². The Morgan fingerprint density at radius 2 is 2.14 bits per heavy atom. The van der Waals surface area contributed by atoms with E-state index in [-0.39, 0.29) is 11.6 Å². The average molecular weight is 293 g/mol. The fourth-order valence-electron chi connectivity index (χ4n) is 2.47. The molecule has 0 saturated carbocycles. The maximum Gasteiger partial charge on any atom is 0.284 e. The highest BCUT2D eigenvalue weighted by Gasteiger charge is 2.19. The molecule has 2 saturated heterocycles. The highest BCUT2D eigenvalue weighted by atomic mass is 19.1. The quantitative estimate of drug-likeness (QED) is 0.693. The van der Waals surface area contributed by atoms with Crippen molar-refractivity contribution in [2.24, 2.45) is 5.92 Å². The van der Waals surface area contributed by atoms with Crippen LogP contribution >= 0.6 is 0 Å². The number of carbonyl (C=O) groups excluding carboxylic acids is 1. The van der Waals surface area contributed by atoms with E-state index < -0.39 is 5.95 Å². The Hall–Kier alpha value is -1.73. The number of carbonyl (C=O) groups is 1. The molecule has 1 aromatic rings. The first kappa shape index (κ1) is 14.2. The lowest BCUT2D eigenvalue weighted by Crippen LogP contribution is -2.45. The third-order valence-electron chi connectivity index (χ3n) is 3.89. The number of anilines is 1. The van der Waals surface area contributed by atoms with Crippen molar-refractivity contribution >= 4 is 11.6 Å². The number of amides is 1. The monoisotopic (exact) mass is 293 g/mol. The highest BCUT2D eigenvalue weighted by Crippen LogP contribution is 2.14. The zero-order valence-corrected chi connectivity index (χ0v) is 11.9. The standard InChI is InChI=1S/C14H20FN5O/c15-13-11(17-9-10-7-16-8-10)3-4-12(18-13)14(21)19-20-5-1-2-6-20/h3-4,10,16-17H,1-2,5-9H2,(H,19,21). The van der Waals surface area contributed by atoms with Gasteiger partial charge < -0.3 is 10.6 Å². The van der Waals surface area contributed by atoms with Crippen LogP contribution < -0.4 is 16.1 Å². The van der Waals surface area contributed by atoms with E-state index in [4.69, 9.17) is 0 Å². The molecule has 2 fully saturated rings. The first-order chi connectivity index (χ1) is 10.2. The summed E-state index contributed by atoms with van der Waals surface area (Å²) >= 11 is 0. The van der Waals surface area contributed by atoms with E-state index in [9.17, 15) is 9.18 Å². The summed E-state index contributed by atoms with van der Waals surface area (Å²) in [6.45, 7) is 4.30. The van der Waals surface area contributed by atoms with Crippen molar-refractivity contribution in [3.05, 3.63) is 23.8 Å². The van der Waals surface area contributed by atoms with Crippen LogP contribution in [0.5, 0.6) is 0 Å². The summed E-state index contributed by atoms with van der Waals surface area (Å²) in [4.78, 5) is 15.7. The van der Waals surface area contributed by atoms with Gasteiger partial charge in [-0.15, -0.1) is 0 Å². The number of nitrogens with one attached hydrogen (secondary N) is 3. The maximum atomic E-state index is 13.9. The van der Waals surface area contributed by atoms with Crippen molar-refractivity contribution in [1.29, 1.82) is 0 Å². The van der Waals surface area contributed by atoms with Crippen LogP contribution in [0.2, 0.25) is 0 Å². The van der Waals surface area contributed by atoms with E-state index in [0.717, 1.165) is 39.0 Å². The molecule has 3 N–H and O–H groups in total. The molecule has 0 unspecified atom stereocenters. The summed E-state index contributed by atoms with van der Waals surface area (Å²) in [5.74, 6) is -0.454. The van der Waals surface area contributed by atoms with Crippen LogP contribution in [0, 0.1) is 11.9 Å². The van der Waals surface area contributed by atoms with E-state index in [1.165, 1.54) is 0 Å². The van der Waals surface area contributed by atoms with Gasteiger partial charge in [-0.1, -0.05) is 0 Å². The Kier molecular flexibility index (Phi) is 4.31. The predicted molar refractivity (Wildman–Crippen MR) is 77.3 cm³/mol. The van der Waals surface area contributed by atoms with Crippen molar-refractivity contribution in [3.63, 3.8) is 0 Å². The minimum atomic E-state index is -0.628. The minimum absolute atomic E-state index is 0.107. The predicted octanol–water partition coefficient (Wildman–Crippen LogP) is 0.593. The van der Waals surface area contributed by atoms with Crippen LogP contribution in [0.4, 0.5) is 10.1 Å². The average Bonchev–Trinajstić information content (AvgIpc) is 2.91. The molecular weight excluding hydrogens is 273 g/mol. The van der Waals surface area contributed by atoms with Gasteiger partial charge in [0, 0.05) is 38.6 Å². The normalized spacial score (nSPS) is 19.3. The van der Waals surface area contributed by atoms with Crippen LogP contribution in [0.1, 0.15) is 23.3 Å². The summed E-state index contributed by atoms with van der Waals surface area (Å²) in [6.07, 6.45) is 2.14. The molecule has 3 rings (SSSR count). The zero-order chi connectivity index (χ0) is 14.7. The molecule has 2 aliphatic heterocycles. The Morgan fingerprint density at radius 3 is 2.76 bits per heavy atom. The van der Waals surface area contributed by atoms with Crippen LogP contribution in [0.15, 0.2) is 12.1 Å². The maximum absolute atomic E-state index is 13.9. The lowest BCUT2D eigenvalue weighted by molar-refractivity contribution is 0.0819. The van der Waals surface area contributed by atoms with Crippen LogP contribution in [0.25, 0.3) is 0 Å². The number of hydrazine groups is 1. The van der Waals surface area contributed by atoms with Gasteiger partial charge in [0.2, 0.25) is 5.95 Å². The van der Waals surface area contributed by atoms with Crippen molar-refractivity contribution in [2.45, 2.75) is 12.8 Å². The Labute approximate surface area is 123 Å². The molecule has 1 aromatic heterocycles. The molecule has 0 aromatic carbocycles. The van der Waals surface area contributed by atoms with Gasteiger partial charge in [-0.25, -0.2) is 9.99 Å². The molecule has 6 nitrogen and oxygen atoms in total. The van der Waals surface area contributed by atoms with E-state index in [2.05, 4.69) is 21.0 Å².